The van der Waals surface area contributed by atoms with E-state index in [1.165, 1.54) is 31.9 Å². The minimum atomic E-state index is -0.112. The molecule has 0 saturated heterocycles. The summed E-state index contributed by atoms with van der Waals surface area (Å²) in [7, 11) is 0. The van der Waals surface area contributed by atoms with Gasteiger partial charge in [-0.3, -0.25) is 9.78 Å². The van der Waals surface area contributed by atoms with Gasteiger partial charge in [0.2, 0.25) is 0 Å². The van der Waals surface area contributed by atoms with Crippen molar-refractivity contribution in [3.8, 4) is 0 Å². The van der Waals surface area contributed by atoms with Gasteiger partial charge in [0, 0.05) is 12.6 Å². The lowest BCUT2D eigenvalue weighted by Crippen LogP contribution is -2.35. The van der Waals surface area contributed by atoms with E-state index in [-0.39, 0.29) is 5.91 Å². The first kappa shape index (κ1) is 13.8. The van der Waals surface area contributed by atoms with Gasteiger partial charge in [0.05, 0.1) is 12.4 Å². The Labute approximate surface area is 114 Å². The molecule has 5 nitrogen and oxygen atoms in total. The average Bonchev–Trinajstić information content (AvgIpc) is 2.68. The van der Waals surface area contributed by atoms with E-state index in [2.05, 4.69) is 20.6 Å². The number of carbonyl (C=O) groups excluding carboxylic acids is 1. The summed E-state index contributed by atoms with van der Waals surface area (Å²) in [5.74, 6) is 0.537. The highest BCUT2D eigenvalue weighted by Crippen LogP contribution is 2.17. The fourth-order valence-corrected chi connectivity index (χ4v) is 2.42. The number of nitrogens with one attached hydrogen (secondary N) is 2. The lowest BCUT2D eigenvalue weighted by molar-refractivity contribution is 0.0928. The van der Waals surface area contributed by atoms with Gasteiger partial charge < -0.3 is 10.6 Å². The Morgan fingerprint density at radius 1 is 1.26 bits per heavy atom. The van der Waals surface area contributed by atoms with Crippen LogP contribution >= 0.6 is 0 Å². The molecule has 0 aliphatic heterocycles. The molecule has 1 saturated carbocycles. The Bertz CT molecular complexity index is 414. The lowest BCUT2D eigenvalue weighted by atomic mass is 10.1. The Kier molecular flexibility index (Phi) is 5.12. The van der Waals surface area contributed by atoms with Crippen molar-refractivity contribution in [1.29, 1.82) is 0 Å². The molecule has 2 rings (SSSR count). The first-order valence-corrected chi connectivity index (χ1v) is 7.16. The summed E-state index contributed by atoms with van der Waals surface area (Å²) in [6.45, 7) is 2.75. The molecule has 5 heteroatoms. The van der Waals surface area contributed by atoms with Crippen molar-refractivity contribution < 1.29 is 4.79 Å². The van der Waals surface area contributed by atoms with E-state index in [1.807, 2.05) is 6.92 Å². The topological polar surface area (TPSA) is 66.9 Å². The molecule has 1 aromatic heterocycles. The van der Waals surface area contributed by atoms with Gasteiger partial charge in [-0.25, -0.2) is 4.98 Å². The van der Waals surface area contributed by atoms with Gasteiger partial charge in [0.15, 0.2) is 0 Å². The number of hydrogen-bond acceptors (Lipinski definition) is 4. The van der Waals surface area contributed by atoms with Crippen LogP contribution in [0.15, 0.2) is 12.4 Å². The first-order chi connectivity index (χ1) is 9.29. The third-order valence-electron chi connectivity index (χ3n) is 3.42. The average molecular weight is 262 g/mol. The van der Waals surface area contributed by atoms with Crippen LogP contribution in [0, 0.1) is 0 Å². The van der Waals surface area contributed by atoms with Gasteiger partial charge in [0.1, 0.15) is 11.5 Å². The van der Waals surface area contributed by atoms with Crippen molar-refractivity contribution in [3.63, 3.8) is 0 Å². The maximum Gasteiger partial charge on any atom is 0.271 e. The second kappa shape index (κ2) is 7.07. The van der Waals surface area contributed by atoms with E-state index in [9.17, 15) is 4.79 Å². The number of carbonyl (C=O) groups is 1. The SMILES string of the molecule is CCNc1cncc(C(=O)NC2CCCCCC2)n1. The summed E-state index contributed by atoms with van der Waals surface area (Å²) in [5, 5.41) is 6.14. The van der Waals surface area contributed by atoms with Crippen LogP contribution in [0.4, 0.5) is 5.82 Å². The van der Waals surface area contributed by atoms with Gasteiger partial charge >= 0.3 is 0 Å². The van der Waals surface area contributed by atoms with E-state index in [1.54, 1.807) is 6.20 Å². The van der Waals surface area contributed by atoms with Gasteiger partial charge in [-0.15, -0.1) is 0 Å². The van der Waals surface area contributed by atoms with Crippen molar-refractivity contribution >= 4 is 11.7 Å². The summed E-state index contributed by atoms with van der Waals surface area (Å²) < 4.78 is 0. The summed E-state index contributed by atoms with van der Waals surface area (Å²) in [6.07, 6.45) is 10.3. The Balaban J connectivity index is 1.96. The molecule has 0 atom stereocenters. The van der Waals surface area contributed by atoms with Crippen LogP contribution in [0.5, 0.6) is 0 Å². The largest absolute Gasteiger partial charge is 0.369 e. The van der Waals surface area contributed by atoms with Crippen LogP contribution in [-0.2, 0) is 0 Å². The number of rotatable bonds is 4. The Morgan fingerprint density at radius 2 is 2.00 bits per heavy atom. The molecule has 19 heavy (non-hydrogen) atoms. The Hall–Kier alpha value is -1.65. The maximum atomic E-state index is 12.1. The summed E-state index contributed by atoms with van der Waals surface area (Å²) in [5.41, 5.74) is 0.391. The smallest absolute Gasteiger partial charge is 0.271 e. The van der Waals surface area contributed by atoms with Gasteiger partial charge in [-0.05, 0) is 19.8 Å². The molecule has 0 aromatic carbocycles. The Morgan fingerprint density at radius 3 is 2.68 bits per heavy atom. The zero-order valence-corrected chi connectivity index (χ0v) is 11.5. The van der Waals surface area contributed by atoms with Gasteiger partial charge in [0.25, 0.3) is 5.91 Å². The molecule has 1 fully saturated rings. The minimum Gasteiger partial charge on any atom is -0.369 e. The molecular formula is C14H22N4O. The highest BCUT2D eigenvalue weighted by Gasteiger charge is 2.16. The highest BCUT2D eigenvalue weighted by molar-refractivity contribution is 5.92. The molecule has 0 bridgehead atoms. The van der Waals surface area contributed by atoms with Crippen LogP contribution in [0.3, 0.4) is 0 Å². The summed E-state index contributed by atoms with van der Waals surface area (Å²) in [4.78, 5) is 20.5. The minimum absolute atomic E-state index is 0.112. The van der Waals surface area contributed by atoms with E-state index < -0.39 is 0 Å². The second-order valence-electron chi connectivity index (χ2n) is 4.98. The quantitative estimate of drug-likeness (QED) is 0.817. The number of nitrogens with zero attached hydrogens (tertiary/aromatic N) is 2. The van der Waals surface area contributed by atoms with E-state index in [4.69, 9.17) is 0 Å². The van der Waals surface area contributed by atoms with Crippen LogP contribution in [-0.4, -0.2) is 28.5 Å². The van der Waals surface area contributed by atoms with E-state index >= 15 is 0 Å². The number of aromatic nitrogens is 2. The number of amides is 1. The second-order valence-corrected chi connectivity index (χ2v) is 4.98. The number of anilines is 1. The molecule has 2 N–H and O–H groups in total. The van der Waals surface area contributed by atoms with Crippen molar-refractivity contribution in [2.24, 2.45) is 0 Å². The third-order valence-corrected chi connectivity index (χ3v) is 3.42. The van der Waals surface area contributed by atoms with E-state index in [0.717, 1.165) is 19.4 Å². The van der Waals surface area contributed by atoms with Gasteiger partial charge in [-0.1, -0.05) is 25.7 Å². The predicted octanol–water partition coefficient (Wildman–Crippen LogP) is 2.36. The molecule has 1 aliphatic carbocycles. The van der Waals surface area contributed by atoms with Crippen molar-refractivity contribution in [3.05, 3.63) is 18.1 Å². The zero-order chi connectivity index (χ0) is 13.5. The molecule has 1 heterocycles. The lowest BCUT2D eigenvalue weighted by Gasteiger charge is -2.15. The van der Waals surface area contributed by atoms with Crippen LogP contribution in [0.1, 0.15) is 55.9 Å². The molecule has 1 aliphatic rings. The van der Waals surface area contributed by atoms with Crippen LogP contribution in [0.2, 0.25) is 0 Å². The van der Waals surface area contributed by atoms with Crippen molar-refractivity contribution in [2.45, 2.75) is 51.5 Å². The third kappa shape index (κ3) is 4.19. The first-order valence-electron chi connectivity index (χ1n) is 7.16. The number of hydrogen-bond donors (Lipinski definition) is 2. The van der Waals surface area contributed by atoms with Crippen molar-refractivity contribution in [1.82, 2.24) is 15.3 Å². The zero-order valence-electron chi connectivity index (χ0n) is 11.5. The molecular weight excluding hydrogens is 240 g/mol. The van der Waals surface area contributed by atoms with Crippen molar-refractivity contribution in [2.75, 3.05) is 11.9 Å². The summed E-state index contributed by atoms with van der Waals surface area (Å²) >= 11 is 0. The van der Waals surface area contributed by atoms with Crippen LogP contribution in [0.25, 0.3) is 0 Å². The molecule has 0 unspecified atom stereocenters. The van der Waals surface area contributed by atoms with Crippen LogP contribution < -0.4 is 10.6 Å². The molecule has 0 spiro atoms. The summed E-state index contributed by atoms with van der Waals surface area (Å²) in [6, 6.07) is 0.291. The molecule has 104 valence electrons. The highest BCUT2D eigenvalue weighted by atomic mass is 16.1. The maximum absolute atomic E-state index is 12.1. The molecule has 1 aromatic rings. The molecule has 0 radical (unpaired) electrons. The normalized spacial score (nSPS) is 16.7. The standard InChI is InChI=1S/C14H22N4O/c1-2-16-13-10-15-9-12(18-13)14(19)17-11-7-5-3-4-6-8-11/h9-11H,2-8H2,1H3,(H,16,18)(H,17,19). The monoisotopic (exact) mass is 262 g/mol. The van der Waals surface area contributed by atoms with Gasteiger partial charge in [-0.2, -0.15) is 0 Å². The fourth-order valence-electron chi connectivity index (χ4n) is 2.42. The fraction of sp³-hybridized carbons (Fsp3) is 0.643. The van der Waals surface area contributed by atoms with E-state index in [0.29, 0.717) is 17.6 Å². The predicted molar refractivity (Wildman–Crippen MR) is 75.2 cm³/mol. The molecule has 1 amide bonds.